The Bertz CT molecular complexity index is 226. The number of carbonyl (C=O) groups excluding carboxylic acids is 1. The van der Waals surface area contributed by atoms with Gasteiger partial charge in [-0.3, -0.25) is 9.69 Å². The molecule has 0 aromatic carbocycles. The zero-order chi connectivity index (χ0) is 12.2. The lowest BCUT2D eigenvalue weighted by molar-refractivity contribution is -0.122. The van der Waals surface area contributed by atoms with E-state index in [1.54, 1.807) is 7.11 Å². The third-order valence-electron chi connectivity index (χ3n) is 2.12. The number of carbonyl (C=O) groups is 1. The van der Waals surface area contributed by atoms with Gasteiger partial charge < -0.3 is 10.1 Å². The highest BCUT2D eigenvalue weighted by molar-refractivity contribution is 5.77. The fourth-order valence-electron chi connectivity index (χ4n) is 1.26. The fraction of sp³-hybridized carbons (Fsp3) is 0.818. The highest BCUT2D eigenvalue weighted by atomic mass is 16.5. The molecule has 92 valence electrons. The van der Waals surface area contributed by atoms with E-state index in [2.05, 4.69) is 11.4 Å². The summed E-state index contributed by atoms with van der Waals surface area (Å²) < 4.78 is 4.83. The Kier molecular flexibility index (Phi) is 9.67. The van der Waals surface area contributed by atoms with E-state index in [-0.39, 0.29) is 5.91 Å². The molecule has 0 aromatic heterocycles. The molecule has 0 aromatic rings. The molecule has 0 bridgehead atoms. The summed E-state index contributed by atoms with van der Waals surface area (Å²) in [6, 6.07) is 2.10. The second-order valence-electron chi connectivity index (χ2n) is 3.70. The molecule has 0 rings (SSSR count). The van der Waals surface area contributed by atoms with E-state index in [0.29, 0.717) is 26.1 Å². The molecule has 0 aliphatic carbocycles. The van der Waals surface area contributed by atoms with E-state index in [1.165, 1.54) is 0 Å². The summed E-state index contributed by atoms with van der Waals surface area (Å²) in [6.45, 7) is 2.34. The van der Waals surface area contributed by atoms with Crippen LogP contribution in [0.5, 0.6) is 0 Å². The van der Waals surface area contributed by atoms with Crippen LogP contribution in [0.15, 0.2) is 0 Å². The lowest BCUT2D eigenvalue weighted by atomic mass is 10.2. The zero-order valence-electron chi connectivity index (χ0n) is 10.2. The molecule has 0 heterocycles. The van der Waals surface area contributed by atoms with Gasteiger partial charge in [-0.05, 0) is 26.4 Å². The lowest BCUT2D eigenvalue weighted by Gasteiger charge is -2.15. The summed E-state index contributed by atoms with van der Waals surface area (Å²) in [6.07, 6.45) is 2.44. The maximum absolute atomic E-state index is 11.4. The van der Waals surface area contributed by atoms with Crippen LogP contribution in [-0.4, -0.2) is 51.2 Å². The molecular weight excluding hydrogens is 206 g/mol. The molecule has 1 N–H and O–H groups in total. The number of unbranched alkanes of at least 4 members (excludes halogenated alkanes) is 2. The predicted molar refractivity (Wildman–Crippen MR) is 61.8 cm³/mol. The lowest BCUT2D eigenvalue weighted by Crippen LogP contribution is -2.37. The van der Waals surface area contributed by atoms with Crippen molar-refractivity contribution in [1.29, 1.82) is 5.26 Å². The van der Waals surface area contributed by atoms with Crippen molar-refractivity contribution >= 4 is 5.91 Å². The van der Waals surface area contributed by atoms with Gasteiger partial charge >= 0.3 is 0 Å². The molecule has 0 atom stereocenters. The largest absolute Gasteiger partial charge is 0.383 e. The van der Waals surface area contributed by atoms with Gasteiger partial charge in [0.25, 0.3) is 0 Å². The van der Waals surface area contributed by atoms with Gasteiger partial charge in [0.05, 0.1) is 19.2 Å². The van der Waals surface area contributed by atoms with Crippen molar-refractivity contribution in [3.8, 4) is 6.07 Å². The molecule has 0 spiro atoms. The molecule has 0 aliphatic rings. The standard InChI is InChI=1S/C11H21N3O2/c1-14(8-5-3-4-6-12)10-11(15)13-7-9-16-2/h3-5,7-10H2,1-2H3,(H,13,15). The van der Waals surface area contributed by atoms with Gasteiger partial charge in [-0.15, -0.1) is 0 Å². The molecule has 5 heteroatoms. The first-order valence-corrected chi connectivity index (χ1v) is 5.51. The van der Waals surface area contributed by atoms with Crippen molar-refractivity contribution in [2.75, 3.05) is 40.4 Å². The van der Waals surface area contributed by atoms with Crippen LogP contribution >= 0.6 is 0 Å². The molecule has 0 fully saturated rings. The van der Waals surface area contributed by atoms with Gasteiger partial charge in [-0.25, -0.2) is 0 Å². The number of ether oxygens (including phenoxy) is 1. The fourth-order valence-corrected chi connectivity index (χ4v) is 1.26. The summed E-state index contributed by atoms with van der Waals surface area (Å²) in [4.78, 5) is 13.3. The van der Waals surface area contributed by atoms with Crippen LogP contribution in [0, 0.1) is 11.3 Å². The summed E-state index contributed by atoms with van der Waals surface area (Å²) in [5, 5.41) is 11.1. The molecule has 0 saturated carbocycles. The van der Waals surface area contributed by atoms with E-state index in [4.69, 9.17) is 10.00 Å². The van der Waals surface area contributed by atoms with Gasteiger partial charge in [0.2, 0.25) is 5.91 Å². The van der Waals surface area contributed by atoms with E-state index in [9.17, 15) is 4.79 Å². The Balaban J connectivity index is 3.43. The minimum absolute atomic E-state index is 0.0137. The third kappa shape index (κ3) is 9.44. The summed E-state index contributed by atoms with van der Waals surface area (Å²) >= 11 is 0. The smallest absolute Gasteiger partial charge is 0.234 e. The molecule has 0 aliphatic heterocycles. The van der Waals surface area contributed by atoms with E-state index in [1.807, 2.05) is 11.9 Å². The van der Waals surface area contributed by atoms with Crippen LogP contribution < -0.4 is 5.32 Å². The van der Waals surface area contributed by atoms with Crippen molar-refractivity contribution in [3.05, 3.63) is 0 Å². The van der Waals surface area contributed by atoms with Crippen molar-refractivity contribution in [2.24, 2.45) is 0 Å². The maximum Gasteiger partial charge on any atom is 0.234 e. The number of likely N-dealkylation sites (N-methyl/N-ethyl adjacent to an activating group) is 1. The first kappa shape index (κ1) is 14.9. The topological polar surface area (TPSA) is 65.4 Å². The predicted octanol–water partition coefficient (Wildman–Crippen LogP) is 0.375. The normalized spacial score (nSPS) is 10.1. The Hall–Kier alpha value is -1.12. The van der Waals surface area contributed by atoms with Crippen LogP contribution in [-0.2, 0) is 9.53 Å². The zero-order valence-corrected chi connectivity index (χ0v) is 10.2. The Morgan fingerprint density at radius 1 is 1.50 bits per heavy atom. The average Bonchev–Trinajstić information content (AvgIpc) is 2.25. The monoisotopic (exact) mass is 227 g/mol. The highest BCUT2D eigenvalue weighted by Crippen LogP contribution is 1.95. The number of nitriles is 1. The first-order chi connectivity index (χ1) is 7.70. The average molecular weight is 227 g/mol. The van der Waals surface area contributed by atoms with E-state index in [0.717, 1.165) is 19.4 Å². The van der Waals surface area contributed by atoms with E-state index >= 15 is 0 Å². The number of hydrogen-bond acceptors (Lipinski definition) is 4. The van der Waals surface area contributed by atoms with Crippen molar-refractivity contribution in [2.45, 2.75) is 19.3 Å². The van der Waals surface area contributed by atoms with Crippen LogP contribution in [0.25, 0.3) is 0 Å². The molecular formula is C11H21N3O2. The number of rotatable bonds is 9. The third-order valence-corrected chi connectivity index (χ3v) is 2.12. The summed E-state index contributed by atoms with van der Waals surface area (Å²) in [5.74, 6) is 0.0137. The number of nitrogens with zero attached hydrogens (tertiary/aromatic N) is 2. The maximum atomic E-state index is 11.4. The van der Waals surface area contributed by atoms with Crippen molar-refractivity contribution in [3.63, 3.8) is 0 Å². The van der Waals surface area contributed by atoms with Crippen molar-refractivity contribution < 1.29 is 9.53 Å². The molecule has 0 saturated heterocycles. The van der Waals surface area contributed by atoms with Crippen LogP contribution in [0.1, 0.15) is 19.3 Å². The second kappa shape index (κ2) is 10.4. The Morgan fingerprint density at radius 3 is 2.88 bits per heavy atom. The summed E-state index contributed by atoms with van der Waals surface area (Å²) in [7, 11) is 3.51. The summed E-state index contributed by atoms with van der Waals surface area (Å²) in [5.41, 5.74) is 0. The van der Waals surface area contributed by atoms with Crippen LogP contribution in [0.2, 0.25) is 0 Å². The highest BCUT2D eigenvalue weighted by Gasteiger charge is 2.04. The number of amides is 1. The van der Waals surface area contributed by atoms with Crippen LogP contribution in [0.4, 0.5) is 0 Å². The van der Waals surface area contributed by atoms with Gasteiger partial charge in [-0.1, -0.05) is 0 Å². The quantitative estimate of drug-likeness (QED) is 0.578. The second-order valence-corrected chi connectivity index (χ2v) is 3.70. The number of hydrogen-bond donors (Lipinski definition) is 1. The van der Waals surface area contributed by atoms with Gasteiger partial charge in [0.15, 0.2) is 0 Å². The number of nitrogens with one attached hydrogen (secondary N) is 1. The van der Waals surface area contributed by atoms with Crippen LogP contribution in [0.3, 0.4) is 0 Å². The van der Waals surface area contributed by atoms with Gasteiger partial charge in [0, 0.05) is 20.1 Å². The molecule has 1 amide bonds. The Labute approximate surface area is 97.4 Å². The van der Waals surface area contributed by atoms with Gasteiger partial charge in [0.1, 0.15) is 0 Å². The first-order valence-electron chi connectivity index (χ1n) is 5.51. The minimum atomic E-state index is 0.0137. The molecule has 16 heavy (non-hydrogen) atoms. The SMILES string of the molecule is COCCNC(=O)CN(C)CCCCC#N. The van der Waals surface area contributed by atoms with Gasteiger partial charge in [-0.2, -0.15) is 5.26 Å². The molecule has 0 unspecified atom stereocenters. The molecule has 5 nitrogen and oxygen atoms in total. The molecule has 0 radical (unpaired) electrons. The minimum Gasteiger partial charge on any atom is -0.383 e. The Morgan fingerprint density at radius 2 is 2.25 bits per heavy atom. The van der Waals surface area contributed by atoms with Crippen molar-refractivity contribution in [1.82, 2.24) is 10.2 Å². The van der Waals surface area contributed by atoms with E-state index < -0.39 is 0 Å². The number of methoxy groups -OCH3 is 1.